The summed E-state index contributed by atoms with van der Waals surface area (Å²) in [6.45, 7) is 4.61. The third-order valence-corrected chi connectivity index (χ3v) is 5.25. The molecule has 0 saturated heterocycles. The topological polar surface area (TPSA) is 26.3 Å². The lowest BCUT2D eigenvalue weighted by molar-refractivity contribution is -0.141. The van der Waals surface area contributed by atoms with Crippen LogP contribution in [-0.4, -0.2) is 12.6 Å². The smallest absolute Gasteiger partial charge is 0.333 e. The maximum Gasteiger partial charge on any atom is 0.333 e. The molecule has 0 amide bonds. The predicted octanol–water partition coefficient (Wildman–Crippen LogP) is 3.71. The maximum absolute atomic E-state index is 12.0. The molecule has 3 rings (SSSR count). The summed E-state index contributed by atoms with van der Waals surface area (Å²) in [5, 5.41) is 0. The molecular formula is C16H24O2. The highest BCUT2D eigenvalue weighted by molar-refractivity contribution is 5.89. The van der Waals surface area contributed by atoms with Crippen molar-refractivity contribution in [1.29, 1.82) is 0 Å². The molecule has 100 valence electrons. The Morgan fingerprint density at radius 1 is 1.00 bits per heavy atom. The van der Waals surface area contributed by atoms with Gasteiger partial charge in [-0.1, -0.05) is 32.3 Å². The molecule has 0 aliphatic heterocycles. The van der Waals surface area contributed by atoms with E-state index in [4.69, 9.17) is 4.74 Å². The van der Waals surface area contributed by atoms with Gasteiger partial charge in [0, 0.05) is 5.57 Å². The second-order valence-electron chi connectivity index (χ2n) is 6.41. The average molecular weight is 248 g/mol. The van der Waals surface area contributed by atoms with Crippen LogP contribution in [0.5, 0.6) is 0 Å². The van der Waals surface area contributed by atoms with E-state index in [0.717, 1.165) is 17.4 Å². The van der Waals surface area contributed by atoms with E-state index in [1.807, 2.05) is 0 Å². The van der Waals surface area contributed by atoms with Gasteiger partial charge in [-0.15, -0.1) is 0 Å². The van der Waals surface area contributed by atoms with Crippen molar-refractivity contribution in [1.82, 2.24) is 0 Å². The number of esters is 1. The minimum Gasteiger partial charge on any atom is -0.462 e. The molecule has 2 nitrogen and oxygen atoms in total. The van der Waals surface area contributed by atoms with Crippen molar-refractivity contribution in [3.63, 3.8) is 0 Å². The Hall–Kier alpha value is -0.790. The van der Waals surface area contributed by atoms with Crippen LogP contribution in [0.15, 0.2) is 12.2 Å². The molecule has 0 aromatic carbocycles. The van der Waals surface area contributed by atoms with Gasteiger partial charge in [0.25, 0.3) is 0 Å². The van der Waals surface area contributed by atoms with Crippen LogP contribution in [0.4, 0.5) is 0 Å². The second-order valence-corrected chi connectivity index (χ2v) is 6.41. The first-order valence-electron chi connectivity index (χ1n) is 7.63. The summed E-state index contributed by atoms with van der Waals surface area (Å²) in [5.74, 6) is 2.49. The molecule has 0 radical (unpaired) electrons. The highest BCUT2D eigenvalue weighted by Gasteiger charge is 2.55. The van der Waals surface area contributed by atoms with Gasteiger partial charge in [0.2, 0.25) is 0 Å². The molecule has 0 spiro atoms. The number of ether oxygens (including phenoxy) is 1. The summed E-state index contributed by atoms with van der Waals surface area (Å²) >= 11 is 0. The third kappa shape index (κ3) is 2.34. The van der Waals surface area contributed by atoms with Gasteiger partial charge in [0.15, 0.2) is 0 Å². The van der Waals surface area contributed by atoms with E-state index in [1.54, 1.807) is 0 Å². The van der Waals surface area contributed by atoms with Crippen molar-refractivity contribution in [2.24, 2.45) is 23.7 Å². The molecule has 0 bridgehead atoms. The third-order valence-electron chi connectivity index (χ3n) is 5.25. The molecule has 2 atom stereocenters. The van der Waals surface area contributed by atoms with E-state index < -0.39 is 0 Å². The van der Waals surface area contributed by atoms with Gasteiger partial charge in [0.1, 0.15) is 0 Å². The molecule has 0 N–H and O–H groups in total. The Bertz CT molecular complexity index is 331. The lowest BCUT2D eigenvalue weighted by Gasteiger charge is -2.21. The first-order valence-corrected chi connectivity index (χ1v) is 7.63. The van der Waals surface area contributed by atoms with Crippen LogP contribution in [0.2, 0.25) is 0 Å². The van der Waals surface area contributed by atoms with Crippen LogP contribution < -0.4 is 0 Å². The van der Waals surface area contributed by atoms with E-state index in [-0.39, 0.29) is 5.97 Å². The lowest BCUT2D eigenvalue weighted by Crippen LogP contribution is -2.18. The Labute approximate surface area is 110 Å². The van der Waals surface area contributed by atoms with Crippen LogP contribution in [0, 0.1) is 23.7 Å². The highest BCUT2D eigenvalue weighted by atomic mass is 16.5. The van der Waals surface area contributed by atoms with E-state index in [2.05, 4.69) is 6.58 Å². The molecule has 2 unspecified atom stereocenters. The maximum atomic E-state index is 12.0. The van der Waals surface area contributed by atoms with Crippen LogP contribution in [0.1, 0.15) is 51.4 Å². The largest absolute Gasteiger partial charge is 0.462 e. The van der Waals surface area contributed by atoms with E-state index in [0.29, 0.717) is 18.4 Å². The van der Waals surface area contributed by atoms with Crippen LogP contribution in [-0.2, 0) is 9.53 Å². The fraction of sp³-hybridized carbons (Fsp3) is 0.812. The monoisotopic (exact) mass is 248 g/mol. The summed E-state index contributed by atoms with van der Waals surface area (Å²) in [4.78, 5) is 12.0. The first kappa shape index (κ1) is 12.3. The van der Waals surface area contributed by atoms with Crippen molar-refractivity contribution in [2.45, 2.75) is 51.4 Å². The average Bonchev–Trinajstić information content (AvgIpc) is 2.88. The van der Waals surface area contributed by atoms with Gasteiger partial charge in [-0.25, -0.2) is 4.79 Å². The van der Waals surface area contributed by atoms with Gasteiger partial charge in [-0.2, -0.15) is 0 Å². The van der Waals surface area contributed by atoms with Gasteiger partial charge < -0.3 is 4.74 Å². The van der Waals surface area contributed by atoms with Gasteiger partial charge in [-0.05, 0) is 49.4 Å². The summed E-state index contributed by atoms with van der Waals surface area (Å²) in [7, 11) is 0. The molecule has 0 aromatic rings. The van der Waals surface area contributed by atoms with Crippen LogP contribution in [0.25, 0.3) is 0 Å². The number of rotatable bonds is 4. The summed E-state index contributed by atoms with van der Waals surface area (Å²) < 4.78 is 5.47. The van der Waals surface area contributed by atoms with E-state index >= 15 is 0 Å². The van der Waals surface area contributed by atoms with E-state index in [1.165, 1.54) is 51.4 Å². The summed E-state index contributed by atoms with van der Waals surface area (Å²) in [5.41, 5.74) is 0.764. The number of fused-ring (bicyclic) bond motifs is 1. The minimum atomic E-state index is -0.111. The molecule has 0 aromatic heterocycles. The van der Waals surface area contributed by atoms with Crippen molar-refractivity contribution in [3.05, 3.63) is 12.2 Å². The SMILES string of the molecule is C=C(C(=O)OCC1CCCCC1)C1C2CCCC21. The molecule has 18 heavy (non-hydrogen) atoms. The summed E-state index contributed by atoms with van der Waals surface area (Å²) in [6.07, 6.45) is 10.3. The Morgan fingerprint density at radius 3 is 2.33 bits per heavy atom. The zero-order chi connectivity index (χ0) is 12.5. The molecule has 3 saturated carbocycles. The van der Waals surface area contributed by atoms with Gasteiger partial charge in [-0.3, -0.25) is 0 Å². The lowest BCUT2D eigenvalue weighted by atomic mass is 9.90. The highest BCUT2D eigenvalue weighted by Crippen LogP contribution is 2.60. The normalized spacial score (nSPS) is 35.0. The fourth-order valence-corrected chi connectivity index (χ4v) is 4.11. The molecule has 2 heteroatoms. The standard InChI is InChI=1S/C16H24O2/c1-11(15-13-8-5-9-14(13)15)16(17)18-10-12-6-3-2-4-7-12/h12-15H,1-10H2. The first-order chi connectivity index (χ1) is 8.77. The van der Waals surface area contributed by atoms with Gasteiger partial charge in [0.05, 0.1) is 6.61 Å². The molecule has 3 aliphatic carbocycles. The van der Waals surface area contributed by atoms with Crippen LogP contribution >= 0.6 is 0 Å². The number of hydrogen-bond acceptors (Lipinski definition) is 2. The second kappa shape index (κ2) is 5.07. The Morgan fingerprint density at radius 2 is 1.67 bits per heavy atom. The number of carbonyl (C=O) groups is 1. The van der Waals surface area contributed by atoms with E-state index in [9.17, 15) is 4.79 Å². The number of hydrogen-bond donors (Lipinski definition) is 0. The predicted molar refractivity (Wildman–Crippen MR) is 71.0 cm³/mol. The zero-order valence-electron chi connectivity index (χ0n) is 11.2. The Balaban J connectivity index is 1.42. The Kier molecular flexibility index (Phi) is 3.45. The minimum absolute atomic E-state index is 0.111. The molecule has 3 aliphatic rings. The quantitative estimate of drug-likeness (QED) is 0.560. The molecule has 0 heterocycles. The van der Waals surface area contributed by atoms with Crippen LogP contribution in [0.3, 0.4) is 0 Å². The number of carbonyl (C=O) groups excluding carboxylic acids is 1. The van der Waals surface area contributed by atoms with Crippen molar-refractivity contribution in [2.75, 3.05) is 6.61 Å². The van der Waals surface area contributed by atoms with Crippen molar-refractivity contribution >= 4 is 5.97 Å². The van der Waals surface area contributed by atoms with Crippen molar-refractivity contribution < 1.29 is 9.53 Å². The summed E-state index contributed by atoms with van der Waals surface area (Å²) in [6, 6.07) is 0. The van der Waals surface area contributed by atoms with Gasteiger partial charge >= 0.3 is 5.97 Å². The fourth-order valence-electron chi connectivity index (χ4n) is 4.11. The van der Waals surface area contributed by atoms with Crippen molar-refractivity contribution in [3.8, 4) is 0 Å². The zero-order valence-corrected chi connectivity index (χ0v) is 11.2. The molecular weight excluding hydrogens is 224 g/mol. The molecule has 3 fully saturated rings.